The highest BCUT2D eigenvalue weighted by molar-refractivity contribution is 8.21. The highest BCUT2D eigenvalue weighted by atomic mass is 32.2. The Labute approximate surface area is 85.4 Å². The highest BCUT2D eigenvalue weighted by Gasteiger charge is 2.24. The van der Waals surface area contributed by atoms with Gasteiger partial charge in [-0.15, -0.1) is 47.0 Å². The molecule has 0 N–H and O–H groups in total. The summed E-state index contributed by atoms with van der Waals surface area (Å²) in [7, 11) is 0. The van der Waals surface area contributed by atoms with Gasteiger partial charge >= 0.3 is 0 Å². The zero-order valence-electron chi connectivity index (χ0n) is 6.32. The highest BCUT2D eigenvalue weighted by Crippen LogP contribution is 2.42. The molecule has 64 valence electrons. The fourth-order valence-electron chi connectivity index (χ4n) is 1.24. The van der Waals surface area contributed by atoms with Gasteiger partial charge in [-0.2, -0.15) is 0 Å². The van der Waals surface area contributed by atoms with Crippen LogP contribution in [0.4, 0.5) is 0 Å². The molecule has 0 bridgehead atoms. The summed E-state index contributed by atoms with van der Waals surface area (Å²) < 4.78 is 1.86. The SMILES string of the molecule is C1CSC(CC2SCCS2)S1. The minimum atomic E-state index is 0.929. The zero-order chi connectivity index (χ0) is 7.52. The average molecular weight is 224 g/mol. The zero-order valence-corrected chi connectivity index (χ0v) is 9.59. The van der Waals surface area contributed by atoms with Gasteiger partial charge in [0.15, 0.2) is 0 Å². The van der Waals surface area contributed by atoms with Crippen molar-refractivity contribution in [2.45, 2.75) is 15.6 Å². The quantitative estimate of drug-likeness (QED) is 0.707. The van der Waals surface area contributed by atoms with E-state index in [4.69, 9.17) is 0 Å². The molecular weight excluding hydrogens is 212 g/mol. The van der Waals surface area contributed by atoms with E-state index in [0.29, 0.717) is 0 Å². The first-order chi connectivity index (χ1) is 5.45. The Morgan fingerprint density at radius 2 is 1.09 bits per heavy atom. The third kappa shape index (κ3) is 2.68. The number of hydrogen-bond acceptors (Lipinski definition) is 4. The van der Waals surface area contributed by atoms with Gasteiger partial charge in [-0.05, 0) is 6.42 Å². The molecule has 4 heteroatoms. The topological polar surface area (TPSA) is 0 Å². The molecule has 0 radical (unpaired) electrons. The summed E-state index contributed by atoms with van der Waals surface area (Å²) in [5.41, 5.74) is 0. The first-order valence-electron chi connectivity index (χ1n) is 3.91. The second-order valence-electron chi connectivity index (χ2n) is 2.58. The molecule has 0 unspecified atom stereocenters. The van der Waals surface area contributed by atoms with Crippen molar-refractivity contribution in [2.75, 3.05) is 23.0 Å². The van der Waals surface area contributed by atoms with Crippen molar-refractivity contribution in [2.24, 2.45) is 0 Å². The van der Waals surface area contributed by atoms with Crippen LogP contribution in [0.3, 0.4) is 0 Å². The van der Waals surface area contributed by atoms with Crippen LogP contribution in [0.1, 0.15) is 6.42 Å². The van der Waals surface area contributed by atoms with E-state index in [2.05, 4.69) is 47.0 Å². The monoisotopic (exact) mass is 224 g/mol. The summed E-state index contributed by atoms with van der Waals surface area (Å²) >= 11 is 8.66. The lowest BCUT2D eigenvalue weighted by Crippen LogP contribution is -2.00. The van der Waals surface area contributed by atoms with Gasteiger partial charge in [-0.1, -0.05) is 0 Å². The Bertz CT molecular complexity index is 102. The average Bonchev–Trinajstić information content (AvgIpc) is 2.60. The predicted molar refractivity (Wildman–Crippen MR) is 62.0 cm³/mol. The van der Waals surface area contributed by atoms with E-state index in [0.717, 1.165) is 9.16 Å². The largest absolute Gasteiger partial charge is 0.147 e. The van der Waals surface area contributed by atoms with Gasteiger partial charge < -0.3 is 0 Å². The Morgan fingerprint density at radius 1 is 0.727 bits per heavy atom. The minimum Gasteiger partial charge on any atom is -0.147 e. The predicted octanol–water partition coefficient (Wildman–Crippen LogP) is 2.99. The van der Waals surface area contributed by atoms with Gasteiger partial charge in [0.2, 0.25) is 0 Å². The summed E-state index contributed by atoms with van der Waals surface area (Å²) in [6.45, 7) is 0. The van der Waals surface area contributed by atoms with Crippen molar-refractivity contribution >= 4 is 47.0 Å². The molecule has 2 aliphatic rings. The van der Waals surface area contributed by atoms with Crippen LogP contribution in [0.25, 0.3) is 0 Å². The van der Waals surface area contributed by atoms with Crippen molar-refractivity contribution in [1.82, 2.24) is 0 Å². The molecule has 0 spiro atoms. The molecule has 0 aliphatic carbocycles. The van der Waals surface area contributed by atoms with Crippen LogP contribution in [0.15, 0.2) is 0 Å². The molecule has 0 saturated carbocycles. The Morgan fingerprint density at radius 3 is 1.45 bits per heavy atom. The van der Waals surface area contributed by atoms with E-state index in [-0.39, 0.29) is 0 Å². The van der Waals surface area contributed by atoms with Crippen molar-refractivity contribution in [3.63, 3.8) is 0 Å². The molecule has 2 rings (SSSR count). The maximum absolute atomic E-state index is 2.17. The van der Waals surface area contributed by atoms with Crippen LogP contribution in [-0.2, 0) is 0 Å². The summed E-state index contributed by atoms with van der Waals surface area (Å²) in [4.78, 5) is 0. The van der Waals surface area contributed by atoms with Gasteiger partial charge in [-0.3, -0.25) is 0 Å². The van der Waals surface area contributed by atoms with Crippen molar-refractivity contribution in [1.29, 1.82) is 0 Å². The minimum absolute atomic E-state index is 0.929. The van der Waals surface area contributed by atoms with E-state index in [1.54, 1.807) is 0 Å². The maximum atomic E-state index is 2.17. The molecule has 2 heterocycles. The first kappa shape index (κ1) is 8.97. The number of rotatable bonds is 2. The van der Waals surface area contributed by atoms with Gasteiger partial charge in [-0.25, -0.2) is 0 Å². The number of thioether (sulfide) groups is 4. The number of hydrogen-bond donors (Lipinski definition) is 0. The van der Waals surface area contributed by atoms with Gasteiger partial charge in [0.25, 0.3) is 0 Å². The normalized spacial score (nSPS) is 28.4. The summed E-state index contributed by atoms with van der Waals surface area (Å²) in [5, 5.41) is 0. The van der Waals surface area contributed by atoms with E-state index >= 15 is 0 Å². The third-order valence-electron chi connectivity index (χ3n) is 1.77. The fourth-order valence-corrected chi connectivity index (χ4v) is 7.56. The fraction of sp³-hybridized carbons (Fsp3) is 1.00. The lowest BCUT2D eigenvalue weighted by molar-refractivity contribution is 1.04. The van der Waals surface area contributed by atoms with Crippen LogP contribution in [0.2, 0.25) is 0 Å². The molecule has 2 aliphatic heterocycles. The van der Waals surface area contributed by atoms with E-state index < -0.39 is 0 Å². The molecule has 11 heavy (non-hydrogen) atoms. The lowest BCUT2D eigenvalue weighted by atomic mass is 10.5. The smallest absolute Gasteiger partial charge is 0.0521 e. The lowest BCUT2D eigenvalue weighted by Gasteiger charge is -2.11. The third-order valence-corrected chi connectivity index (χ3v) is 7.93. The second kappa shape index (κ2) is 4.58. The Kier molecular flexibility index (Phi) is 3.74. The summed E-state index contributed by atoms with van der Waals surface area (Å²) in [6, 6.07) is 0. The summed E-state index contributed by atoms with van der Waals surface area (Å²) in [5.74, 6) is 5.55. The van der Waals surface area contributed by atoms with Crippen LogP contribution in [0, 0.1) is 0 Å². The van der Waals surface area contributed by atoms with Crippen molar-refractivity contribution < 1.29 is 0 Å². The Hall–Kier alpha value is 1.40. The first-order valence-corrected chi connectivity index (χ1v) is 8.11. The van der Waals surface area contributed by atoms with Crippen molar-refractivity contribution in [3.8, 4) is 0 Å². The van der Waals surface area contributed by atoms with Crippen molar-refractivity contribution in [3.05, 3.63) is 0 Å². The van der Waals surface area contributed by atoms with Crippen LogP contribution in [0.5, 0.6) is 0 Å². The van der Waals surface area contributed by atoms with Gasteiger partial charge in [0.1, 0.15) is 0 Å². The molecule has 0 aromatic carbocycles. The van der Waals surface area contributed by atoms with E-state index in [1.807, 2.05) is 0 Å². The van der Waals surface area contributed by atoms with Gasteiger partial charge in [0, 0.05) is 23.0 Å². The van der Waals surface area contributed by atoms with Crippen LogP contribution in [-0.4, -0.2) is 32.2 Å². The molecule has 2 saturated heterocycles. The molecular formula is C7H12S4. The van der Waals surface area contributed by atoms with E-state index in [1.165, 1.54) is 29.4 Å². The van der Waals surface area contributed by atoms with E-state index in [9.17, 15) is 0 Å². The van der Waals surface area contributed by atoms with Crippen LogP contribution < -0.4 is 0 Å². The Balaban J connectivity index is 1.71. The second-order valence-corrected chi connectivity index (χ2v) is 8.42. The van der Waals surface area contributed by atoms with Gasteiger partial charge in [0.05, 0.1) is 9.16 Å². The summed E-state index contributed by atoms with van der Waals surface area (Å²) in [6.07, 6.45) is 1.44. The molecule has 2 fully saturated rings. The molecule has 0 aromatic rings. The molecule has 0 amide bonds. The molecule has 0 atom stereocenters. The standard InChI is InChI=1S/C7H12S4/c1-2-9-6(8-1)5-7-10-3-4-11-7/h6-7H,1-5H2. The molecule has 0 nitrogen and oxygen atoms in total. The maximum Gasteiger partial charge on any atom is 0.0521 e. The van der Waals surface area contributed by atoms with Crippen LogP contribution >= 0.6 is 47.0 Å². The molecule has 0 aromatic heterocycles.